The van der Waals surface area contributed by atoms with E-state index < -0.39 is 0 Å². The Morgan fingerprint density at radius 2 is 1.20 bits per heavy atom. The smallest absolute Gasteiger partial charge is 0 e. The van der Waals surface area contributed by atoms with Gasteiger partial charge in [0.15, 0.2) is 0 Å². The van der Waals surface area contributed by atoms with Crippen LogP contribution in [0.5, 0.6) is 0 Å². The summed E-state index contributed by atoms with van der Waals surface area (Å²) < 4.78 is 0. The van der Waals surface area contributed by atoms with E-state index >= 15 is 0 Å². The third-order valence-electron chi connectivity index (χ3n) is 0.586. The summed E-state index contributed by atoms with van der Waals surface area (Å²) in [6, 6.07) is 0. The first-order chi connectivity index (χ1) is 6.74. The molecule has 15 heavy (non-hydrogen) atoms. The average Bonchev–Trinajstić information content (AvgIpc) is 2.63. The molecule has 1 radical (unpaired) electrons. The van der Waals surface area contributed by atoms with Crippen LogP contribution in [0.25, 0.3) is 0 Å². The molecular weight excluding hydrogens is 266 g/mol. The fourth-order valence-electron chi connectivity index (χ4n) is 0.340. The van der Waals surface area contributed by atoms with Crippen molar-refractivity contribution in [3.8, 4) is 0 Å². The van der Waals surface area contributed by atoms with Crippen molar-refractivity contribution >= 4 is 0 Å². The van der Waals surface area contributed by atoms with Crippen LogP contribution in [-0.4, -0.2) is 0 Å². The van der Waals surface area contributed by atoms with Crippen LogP contribution in [0.3, 0.4) is 0 Å². The molecule has 0 aromatic carbocycles. The molecule has 1 aliphatic rings. The van der Waals surface area contributed by atoms with Crippen molar-refractivity contribution in [3.63, 3.8) is 0 Å². The van der Waals surface area contributed by atoms with Gasteiger partial charge in [-0.25, -0.2) is 12.2 Å². The van der Waals surface area contributed by atoms with Crippen LogP contribution in [0.4, 0.5) is 0 Å². The largest absolute Gasteiger partial charge is 0.273 e. The minimum atomic E-state index is 0. The number of allylic oxidation sites excluding steroid dienone is 4. The van der Waals surface area contributed by atoms with Crippen LogP contribution in [0.15, 0.2) is 74.9 Å². The summed E-state index contributed by atoms with van der Waals surface area (Å²) in [7, 11) is 0. The van der Waals surface area contributed by atoms with Gasteiger partial charge >= 0.3 is 0 Å². The number of hydrogen-bond donors (Lipinski definition) is 0. The van der Waals surface area contributed by atoms with Crippen molar-refractivity contribution in [1.82, 2.24) is 0 Å². The van der Waals surface area contributed by atoms with Gasteiger partial charge in [-0.3, -0.25) is 6.08 Å². The summed E-state index contributed by atoms with van der Waals surface area (Å²) in [4.78, 5) is 0. The molecule has 0 fully saturated rings. The molecule has 1 aliphatic carbocycles. The zero-order valence-corrected chi connectivity index (χ0v) is 10.9. The SMILES string of the molecule is C=C=C.C=C=C.C=C=C.[C-]1=CC=CC1.[Tc]. The van der Waals surface area contributed by atoms with E-state index in [9.17, 15) is 0 Å². The molecule has 1 rings (SSSR count). The van der Waals surface area contributed by atoms with E-state index in [-0.39, 0.29) is 20.1 Å². The molecule has 0 saturated heterocycles. The molecule has 0 aromatic heterocycles. The van der Waals surface area contributed by atoms with Crippen LogP contribution >= 0.6 is 0 Å². The molecule has 0 unspecified atom stereocenters. The zero-order chi connectivity index (χ0) is 11.7. The molecule has 81 valence electrons. The molecule has 0 bridgehead atoms. The van der Waals surface area contributed by atoms with Gasteiger partial charge in [0.25, 0.3) is 0 Å². The first-order valence-electron chi connectivity index (χ1n) is 3.84. The van der Waals surface area contributed by atoms with Crippen molar-refractivity contribution in [2.75, 3.05) is 0 Å². The monoisotopic (exact) mass is 282 g/mol. The molecule has 1 heteroatoms. The molecule has 0 aromatic rings. The molecule has 0 spiro atoms. The molecule has 0 saturated carbocycles. The Balaban J connectivity index is -0.0000000550. The summed E-state index contributed by atoms with van der Waals surface area (Å²) in [6.45, 7) is 18.8. The Labute approximate surface area is 107 Å². The summed E-state index contributed by atoms with van der Waals surface area (Å²) in [5, 5.41) is 0. The second-order valence-electron chi connectivity index (χ2n) is 1.75. The Morgan fingerprint density at radius 1 is 0.867 bits per heavy atom. The van der Waals surface area contributed by atoms with Gasteiger partial charge in [-0.15, -0.1) is 23.6 Å². The molecular formula is C14H17Tc-. The van der Waals surface area contributed by atoms with Crippen molar-refractivity contribution in [3.05, 3.63) is 81.0 Å². The van der Waals surface area contributed by atoms with Crippen molar-refractivity contribution in [2.45, 2.75) is 6.42 Å². The normalized spacial score (nSPS) is 7.47. The summed E-state index contributed by atoms with van der Waals surface area (Å²) >= 11 is 0. The zero-order valence-electron chi connectivity index (χ0n) is 9.06. The Kier molecular flexibility index (Phi) is 60.7. The second kappa shape index (κ2) is 38.7. The van der Waals surface area contributed by atoms with E-state index in [1.165, 1.54) is 0 Å². The van der Waals surface area contributed by atoms with E-state index in [1.54, 1.807) is 0 Å². The molecule has 0 atom stereocenters. The van der Waals surface area contributed by atoms with Gasteiger partial charge in [0, 0.05) is 20.1 Å². The molecule has 0 amide bonds. The van der Waals surface area contributed by atoms with Gasteiger partial charge in [-0.05, 0) is 0 Å². The number of hydrogen-bond acceptors (Lipinski definition) is 0. The van der Waals surface area contributed by atoms with Gasteiger partial charge in [0.2, 0.25) is 0 Å². The van der Waals surface area contributed by atoms with E-state index in [0.717, 1.165) is 6.42 Å². The minimum Gasteiger partial charge on any atom is -0.273 e. The third-order valence-corrected chi connectivity index (χ3v) is 0.586. The van der Waals surface area contributed by atoms with Crippen LogP contribution in [0, 0.1) is 6.08 Å². The molecule has 0 N–H and O–H groups in total. The van der Waals surface area contributed by atoms with E-state index in [4.69, 9.17) is 0 Å². The maximum Gasteiger partial charge on any atom is 0 e. The van der Waals surface area contributed by atoms with Crippen LogP contribution in [0.2, 0.25) is 0 Å². The topological polar surface area (TPSA) is 0 Å². The first kappa shape index (κ1) is 23.5. The molecule has 0 heterocycles. The maximum atomic E-state index is 3.12. The Morgan fingerprint density at radius 3 is 1.27 bits per heavy atom. The quantitative estimate of drug-likeness (QED) is 0.462. The standard InChI is InChI=1S/C5H5.3C3H4.Tc/c1-2-4-5-3-1;3*1-3-2;/h1-3H,4H2;3*1-2H2;/q-1;;;;. The van der Waals surface area contributed by atoms with Gasteiger partial charge < -0.3 is 0 Å². The fraction of sp³-hybridized carbons (Fsp3) is 0.0714. The van der Waals surface area contributed by atoms with Gasteiger partial charge in [-0.2, -0.15) is 6.08 Å². The summed E-state index contributed by atoms with van der Waals surface area (Å²) in [5.74, 6) is 0. The predicted molar refractivity (Wildman–Crippen MR) is 65.9 cm³/mol. The van der Waals surface area contributed by atoms with Crippen molar-refractivity contribution in [2.24, 2.45) is 0 Å². The Bertz CT molecular complexity index is 211. The first-order valence-corrected chi connectivity index (χ1v) is 3.84. The van der Waals surface area contributed by atoms with Gasteiger partial charge in [0.05, 0.1) is 0 Å². The summed E-state index contributed by atoms with van der Waals surface area (Å²) in [5.41, 5.74) is 6.75. The van der Waals surface area contributed by atoms with E-state index in [0.29, 0.717) is 0 Å². The molecule has 0 aliphatic heterocycles. The van der Waals surface area contributed by atoms with Crippen molar-refractivity contribution in [1.29, 1.82) is 0 Å². The average molecular weight is 283 g/mol. The number of rotatable bonds is 0. The maximum absolute atomic E-state index is 3.12. The van der Waals surface area contributed by atoms with Crippen molar-refractivity contribution < 1.29 is 20.1 Å². The van der Waals surface area contributed by atoms with Gasteiger partial charge in [-0.1, -0.05) is 39.5 Å². The Hall–Kier alpha value is -1.31. The van der Waals surface area contributed by atoms with E-state index in [1.807, 2.05) is 12.2 Å². The third kappa shape index (κ3) is 107. The van der Waals surface area contributed by atoms with Gasteiger partial charge in [0.1, 0.15) is 0 Å². The van der Waals surface area contributed by atoms with Crippen LogP contribution in [0.1, 0.15) is 6.42 Å². The minimum absolute atomic E-state index is 0. The van der Waals surface area contributed by atoms with E-state index in [2.05, 4.69) is 68.8 Å². The van der Waals surface area contributed by atoms with Crippen LogP contribution < -0.4 is 0 Å². The predicted octanol–water partition coefficient (Wildman–Crippen LogP) is 4.18. The summed E-state index contributed by atoms with van der Waals surface area (Å²) in [6.07, 6.45) is 10.0. The van der Waals surface area contributed by atoms with Crippen LogP contribution in [-0.2, 0) is 20.1 Å². The molecule has 0 nitrogen and oxygen atoms in total. The second-order valence-corrected chi connectivity index (χ2v) is 1.75. The fourth-order valence-corrected chi connectivity index (χ4v) is 0.340.